The molecule has 5 rings (SSSR count). The smallest absolute Gasteiger partial charge is 0.271 e. The molecule has 160 valence electrons. The average molecular weight is 432 g/mol. The van der Waals surface area contributed by atoms with E-state index in [4.69, 9.17) is 0 Å². The number of carbonyl (C=O) groups is 1. The Kier molecular flexibility index (Phi) is 5.59. The summed E-state index contributed by atoms with van der Waals surface area (Å²) in [5.41, 5.74) is 7.48. The summed E-state index contributed by atoms with van der Waals surface area (Å²) in [5, 5.41) is 8.31. The Morgan fingerprint density at radius 1 is 0.909 bits per heavy atom. The molecule has 0 aliphatic heterocycles. The van der Waals surface area contributed by atoms with Crippen LogP contribution in [0.2, 0.25) is 0 Å². The minimum absolute atomic E-state index is 0.286. The molecule has 2 heterocycles. The molecule has 7 heteroatoms. The number of para-hydroxylation sites is 1. The van der Waals surface area contributed by atoms with Crippen LogP contribution in [0.15, 0.2) is 102 Å². The van der Waals surface area contributed by atoms with Crippen molar-refractivity contribution in [2.24, 2.45) is 5.10 Å². The van der Waals surface area contributed by atoms with Crippen molar-refractivity contribution in [1.29, 1.82) is 0 Å². The van der Waals surface area contributed by atoms with E-state index >= 15 is 0 Å². The molecule has 0 atom stereocenters. The summed E-state index contributed by atoms with van der Waals surface area (Å²) in [4.78, 5) is 24.6. The molecule has 0 aliphatic rings. The lowest BCUT2D eigenvalue weighted by atomic mass is 10.2. The molecule has 0 aliphatic carbocycles. The molecule has 0 saturated heterocycles. The molecule has 2 aromatic heterocycles. The van der Waals surface area contributed by atoms with Gasteiger partial charge < -0.3 is 10.3 Å². The number of nitrogens with one attached hydrogen (secondary N) is 3. The quantitative estimate of drug-likeness (QED) is 0.256. The van der Waals surface area contributed by atoms with Gasteiger partial charge in [0.15, 0.2) is 0 Å². The van der Waals surface area contributed by atoms with Crippen LogP contribution in [-0.4, -0.2) is 27.1 Å². The van der Waals surface area contributed by atoms with Crippen molar-refractivity contribution >= 4 is 34.7 Å². The van der Waals surface area contributed by atoms with Gasteiger partial charge in [-0.05, 0) is 48.0 Å². The van der Waals surface area contributed by atoms with Crippen molar-refractivity contribution in [2.75, 3.05) is 5.32 Å². The molecule has 1 amide bonds. The Bertz CT molecular complexity index is 1390. The van der Waals surface area contributed by atoms with Gasteiger partial charge in [0.1, 0.15) is 0 Å². The standard InChI is InChI=1S/C26H20N6O/c33-25(32-28-17-18-6-2-1-3-7-18)19-10-12-21(13-11-19)29-26-27-15-14-23(31-26)24-16-20-8-4-5-9-22(20)30-24/h1-17,30H,(H,32,33)(H,27,29,31). The maximum absolute atomic E-state index is 12.3. The fourth-order valence-electron chi connectivity index (χ4n) is 3.38. The zero-order valence-corrected chi connectivity index (χ0v) is 17.6. The predicted molar refractivity (Wildman–Crippen MR) is 131 cm³/mol. The van der Waals surface area contributed by atoms with Crippen LogP contribution < -0.4 is 10.7 Å². The third-order valence-corrected chi connectivity index (χ3v) is 5.04. The third-order valence-electron chi connectivity index (χ3n) is 5.04. The van der Waals surface area contributed by atoms with Crippen molar-refractivity contribution in [2.45, 2.75) is 0 Å². The Morgan fingerprint density at radius 2 is 1.70 bits per heavy atom. The van der Waals surface area contributed by atoms with Crippen LogP contribution in [0.1, 0.15) is 15.9 Å². The van der Waals surface area contributed by atoms with Gasteiger partial charge in [-0.1, -0.05) is 48.5 Å². The number of aromatic amines is 1. The highest BCUT2D eigenvalue weighted by Crippen LogP contribution is 2.23. The van der Waals surface area contributed by atoms with Crippen LogP contribution in [-0.2, 0) is 0 Å². The molecule has 33 heavy (non-hydrogen) atoms. The van der Waals surface area contributed by atoms with Crippen molar-refractivity contribution in [3.05, 3.63) is 108 Å². The summed E-state index contributed by atoms with van der Waals surface area (Å²) in [7, 11) is 0. The van der Waals surface area contributed by atoms with E-state index in [-0.39, 0.29) is 5.91 Å². The predicted octanol–water partition coefficient (Wildman–Crippen LogP) is 5.13. The van der Waals surface area contributed by atoms with E-state index in [0.29, 0.717) is 11.5 Å². The zero-order valence-electron chi connectivity index (χ0n) is 17.6. The number of amides is 1. The third kappa shape index (κ3) is 4.77. The summed E-state index contributed by atoms with van der Waals surface area (Å²) < 4.78 is 0. The topological polar surface area (TPSA) is 95.1 Å². The minimum atomic E-state index is -0.286. The van der Waals surface area contributed by atoms with Crippen LogP contribution in [0.3, 0.4) is 0 Å². The minimum Gasteiger partial charge on any atom is -0.353 e. The summed E-state index contributed by atoms with van der Waals surface area (Å²) >= 11 is 0. The Hall–Kier alpha value is -4.78. The lowest BCUT2D eigenvalue weighted by Gasteiger charge is -2.07. The fourth-order valence-corrected chi connectivity index (χ4v) is 3.38. The van der Waals surface area contributed by atoms with E-state index in [2.05, 4.69) is 42.9 Å². The van der Waals surface area contributed by atoms with E-state index in [9.17, 15) is 4.79 Å². The molecule has 0 radical (unpaired) electrons. The van der Waals surface area contributed by atoms with Crippen LogP contribution in [0.5, 0.6) is 0 Å². The molecular formula is C26H20N6O. The molecule has 0 bridgehead atoms. The van der Waals surface area contributed by atoms with Gasteiger partial charge in [-0.15, -0.1) is 0 Å². The van der Waals surface area contributed by atoms with E-state index < -0.39 is 0 Å². The molecule has 3 aromatic carbocycles. The second-order valence-corrected chi connectivity index (χ2v) is 7.35. The number of nitrogens with zero attached hydrogens (tertiary/aromatic N) is 3. The largest absolute Gasteiger partial charge is 0.353 e. The number of benzene rings is 3. The molecule has 7 nitrogen and oxygen atoms in total. The molecule has 0 saturated carbocycles. The van der Waals surface area contributed by atoms with E-state index in [1.807, 2.05) is 54.6 Å². The van der Waals surface area contributed by atoms with Gasteiger partial charge in [0.25, 0.3) is 5.91 Å². The van der Waals surface area contributed by atoms with Gasteiger partial charge in [0.2, 0.25) is 5.95 Å². The number of carbonyl (C=O) groups excluding carboxylic acids is 1. The molecule has 0 fully saturated rings. The lowest BCUT2D eigenvalue weighted by molar-refractivity contribution is 0.0955. The zero-order chi connectivity index (χ0) is 22.5. The van der Waals surface area contributed by atoms with Gasteiger partial charge in [-0.25, -0.2) is 15.4 Å². The molecule has 0 unspecified atom stereocenters. The second kappa shape index (κ2) is 9.15. The highest BCUT2D eigenvalue weighted by atomic mass is 16.2. The van der Waals surface area contributed by atoms with Gasteiger partial charge >= 0.3 is 0 Å². The Morgan fingerprint density at radius 3 is 2.52 bits per heavy atom. The van der Waals surface area contributed by atoms with Gasteiger partial charge in [-0.2, -0.15) is 5.10 Å². The monoisotopic (exact) mass is 432 g/mol. The number of aromatic nitrogens is 3. The highest BCUT2D eigenvalue weighted by molar-refractivity contribution is 5.95. The van der Waals surface area contributed by atoms with Crippen molar-refractivity contribution in [3.63, 3.8) is 0 Å². The Balaban J connectivity index is 1.25. The first kappa shape index (κ1) is 20.1. The average Bonchev–Trinajstić information content (AvgIpc) is 3.30. The Labute approximate surface area is 190 Å². The molecule has 0 spiro atoms. The lowest BCUT2D eigenvalue weighted by Crippen LogP contribution is -2.17. The van der Waals surface area contributed by atoms with Crippen molar-refractivity contribution in [3.8, 4) is 11.4 Å². The SMILES string of the molecule is O=C(NN=Cc1ccccc1)c1ccc(Nc2nccc(-c3cc4ccccc4[nH]3)n2)cc1. The van der Waals surface area contributed by atoms with E-state index in [1.54, 1.807) is 36.7 Å². The number of rotatable bonds is 6. The number of fused-ring (bicyclic) bond motifs is 1. The number of hydrogen-bond acceptors (Lipinski definition) is 5. The highest BCUT2D eigenvalue weighted by Gasteiger charge is 2.08. The first-order valence-electron chi connectivity index (χ1n) is 10.4. The first-order chi connectivity index (χ1) is 16.2. The number of hydrazone groups is 1. The second-order valence-electron chi connectivity index (χ2n) is 7.35. The van der Waals surface area contributed by atoms with Crippen LogP contribution in [0.4, 0.5) is 11.6 Å². The number of anilines is 2. The number of H-pyrrole nitrogens is 1. The normalized spacial score (nSPS) is 11.0. The van der Waals surface area contributed by atoms with E-state index in [1.165, 1.54) is 0 Å². The summed E-state index contributed by atoms with van der Waals surface area (Å²) in [6.07, 6.45) is 3.31. The maximum Gasteiger partial charge on any atom is 0.271 e. The summed E-state index contributed by atoms with van der Waals surface area (Å²) in [5.74, 6) is 0.182. The molecular weight excluding hydrogens is 412 g/mol. The van der Waals surface area contributed by atoms with Gasteiger partial charge in [-0.3, -0.25) is 4.79 Å². The summed E-state index contributed by atoms with van der Waals surface area (Å²) in [6, 6.07) is 28.6. The van der Waals surface area contributed by atoms with Gasteiger partial charge in [0, 0.05) is 28.4 Å². The fraction of sp³-hybridized carbons (Fsp3) is 0. The first-order valence-corrected chi connectivity index (χ1v) is 10.4. The maximum atomic E-state index is 12.3. The van der Waals surface area contributed by atoms with Crippen LogP contribution >= 0.6 is 0 Å². The molecule has 5 aromatic rings. The van der Waals surface area contributed by atoms with Crippen LogP contribution in [0.25, 0.3) is 22.3 Å². The van der Waals surface area contributed by atoms with Gasteiger partial charge in [0.05, 0.1) is 17.6 Å². The van der Waals surface area contributed by atoms with Crippen molar-refractivity contribution in [1.82, 2.24) is 20.4 Å². The number of hydrogen-bond donors (Lipinski definition) is 3. The van der Waals surface area contributed by atoms with Crippen molar-refractivity contribution < 1.29 is 4.79 Å². The van der Waals surface area contributed by atoms with Crippen LogP contribution in [0, 0.1) is 0 Å². The summed E-state index contributed by atoms with van der Waals surface area (Å²) in [6.45, 7) is 0. The molecule has 3 N–H and O–H groups in total. The van der Waals surface area contributed by atoms with E-state index in [0.717, 1.165) is 33.5 Å².